The van der Waals surface area contributed by atoms with Crippen molar-refractivity contribution < 1.29 is 9.90 Å². The third-order valence-electron chi connectivity index (χ3n) is 3.88. The summed E-state index contributed by atoms with van der Waals surface area (Å²) < 4.78 is 0.849. The Morgan fingerprint density at radius 3 is 2.76 bits per heavy atom. The highest BCUT2D eigenvalue weighted by Crippen LogP contribution is 2.19. The van der Waals surface area contributed by atoms with Crippen LogP contribution in [0.4, 0.5) is 0 Å². The Morgan fingerprint density at radius 2 is 2.14 bits per heavy atom. The molecule has 1 unspecified atom stereocenters. The fourth-order valence-electron chi connectivity index (χ4n) is 2.75. The lowest BCUT2D eigenvalue weighted by atomic mass is 10.1. The van der Waals surface area contributed by atoms with Gasteiger partial charge in [-0.05, 0) is 56.1 Å². The molecule has 1 saturated heterocycles. The Kier molecular flexibility index (Phi) is 6.21. The lowest BCUT2D eigenvalue weighted by molar-refractivity contribution is 0.0697. The van der Waals surface area contributed by atoms with Gasteiger partial charge < -0.3 is 15.3 Å². The zero-order valence-electron chi connectivity index (χ0n) is 12.4. The van der Waals surface area contributed by atoms with Crippen LogP contribution in [0.1, 0.15) is 35.7 Å². The second-order valence-electron chi connectivity index (χ2n) is 5.86. The van der Waals surface area contributed by atoms with Gasteiger partial charge in [0.25, 0.3) is 0 Å². The van der Waals surface area contributed by atoms with E-state index < -0.39 is 5.97 Å². The van der Waals surface area contributed by atoms with Crippen LogP contribution in [-0.4, -0.2) is 42.2 Å². The lowest BCUT2D eigenvalue weighted by Gasteiger charge is -2.20. The van der Waals surface area contributed by atoms with E-state index in [1.807, 2.05) is 6.07 Å². The molecule has 0 aromatic heterocycles. The van der Waals surface area contributed by atoms with Crippen molar-refractivity contribution in [1.82, 2.24) is 10.2 Å². The van der Waals surface area contributed by atoms with Crippen LogP contribution in [0, 0.1) is 5.92 Å². The Morgan fingerprint density at radius 1 is 1.43 bits per heavy atom. The average molecular weight is 355 g/mol. The van der Waals surface area contributed by atoms with Crippen LogP contribution in [0.2, 0.25) is 0 Å². The summed E-state index contributed by atoms with van der Waals surface area (Å²) in [6.45, 7) is 7.65. The van der Waals surface area contributed by atoms with E-state index in [4.69, 9.17) is 5.11 Å². The maximum atomic E-state index is 10.9. The van der Waals surface area contributed by atoms with Gasteiger partial charge in [0.2, 0.25) is 0 Å². The van der Waals surface area contributed by atoms with Crippen LogP contribution in [0.3, 0.4) is 0 Å². The predicted octanol–water partition coefficient (Wildman–Crippen LogP) is 2.97. The van der Waals surface area contributed by atoms with Crippen molar-refractivity contribution in [3.8, 4) is 0 Å². The second kappa shape index (κ2) is 7.92. The van der Waals surface area contributed by atoms with Crippen LogP contribution in [0.15, 0.2) is 22.7 Å². The van der Waals surface area contributed by atoms with Crippen molar-refractivity contribution >= 4 is 21.9 Å². The van der Waals surface area contributed by atoms with Crippen LogP contribution < -0.4 is 5.32 Å². The van der Waals surface area contributed by atoms with Crippen molar-refractivity contribution in [2.24, 2.45) is 5.92 Å². The number of carbonyl (C=O) groups is 1. The minimum atomic E-state index is -0.894. The Balaban J connectivity index is 1.76. The fourth-order valence-corrected chi connectivity index (χ4v) is 3.27. The molecule has 0 saturated carbocycles. The first kappa shape index (κ1) is 16.5. The highest BCUT2D eigenvalue weighted by molar-refractivity contribution is 9.10. The maximum Gasteiger partial charge on any atom is 0.335 e. The summed E-state index contributed by atoms with van der Waals surface area (Å²) in [5.74, 6) is -0.269. The van der Waals surface area contributed by atoms with E-state index in [-0.39, 0.29) is 0 Å². The topological polar surface area (TPSA) is 52.6 Å². The van der Waals surface area contributed by atoms with Gasteiger partial charge in [-0.15, -0.1) is 0 Å². The molecule has 1 atom stereocenters. The molecule has 1 aliphatic heterocycles. The van der Waals surface area contributed by atoms with E-state index >= 15 is 0 Å². The number of carboxylic acids is 1. The van der Waals surface area contributed by atoms with Crippen molar-refractivity contribution in [1.29, 1.82) is 0 Å². The molecule has 5 heteroatoms. The van der Waals surface area contributed by atoms with Crippen LogP contribution in [0.5, 0.6) is 0 Å². The SMILES string of the molecule is CC(CNCc1ccc(C(=O)O)cc1Br)CN1CCCC1. The minimum absolute atomic E-state index is 0.313. The maximum absolute atomic E-state index is 10.9. The third kappa shape index (κ3) is 5.09. The second-order valence-corrected chi connectivity index (χ2v) is 6.71. The summed E-state index contributed by atoms with van der Waals surface area (Å²) >= 11 is 3.44. The molecule has 1 heterocycles. The molecule has 1 aromatic rings. The van der Waals surface area contributed by atoms with Gasteiger partial charge in [-0.25, -0.2) is 4.79 Å². The largest absolute Gasteiger partial charge is 0.478 e. The predicted molar refractivity (Wildman–Crippen MR) is 87.6 cm³/mol. The molecule has 116 valence electrons. The number of likely N-dealkylation sites (tertiary alicyclic amines) is 1. The Bertz CT molecular complexity index is 487. The van der Waals surface area contributed by atoms with Crippen molar-refractivity contribution in [3.05, 3.63) is 33.8 Å². The number of hydrogen-bond donors (Lipinski definition) is 2. The smallest absolute Gasteiger partial charge is 0.335 e. The zero-order chi connectivity index (χ0) is 15.2. The standard InChI is InChI=1S/C16H23BrN2O2/c1-12(11-19-6-2-3-7-19)9-18-10-14-5-4-13(16(20)21)8-15(14)17/h4-5,8,12,18H,2-3,6-7,9-11H2,1H3,(H,20,21). The van der Waals surface area contributed by atoms with E-state index in [0.29, 0.717) is 11.5 Å². The van der Waals surface area contributed by atoms with Gasteiger partial charge in [-0.3, -0.25) is 0 Å². The van der Waals surface area contributed by atoms with Gasteiger partial charge >= 0.3 is 5.97 Å². The number of nitrogens with one attached hydrogen (secondary N) is 1. The van der Waals surface area contributed by atoms with E-state index in [1.54, 1.807) is 12.1 Å². The number of nitrogens with zero attached hydrogens (tertiary/aromatic N) is 1. The van der Waals surface area contributed by atoms with Crippen LogP contribution >= 0.6 is 15.9 Å². The molecule has 0 spiro atoms. The molecule has 1 aromatic carbocycles. The van der Waals surface area contributed by atoms with E-state index in [2.05, 4.69) is 33.1 Å². The number of aromatic carboxylic acids is 1. The molecule has 0 amide bonds. The number of rotatable bonds is 7. The van der Waals surface area contributed by atoms with Crippen molar-refractivity contribution in [2.75, 3.05) is 26.2 Å². The molecule has 2 rings (SSSR count). The lowest BCUT2D eigenvalue weighted by Crippen LogP contribution is -2.31. The van der Waals surface area contributed by atoms with Crippen LogP contribution in [-0.2, 0) is 6.54 Å². The molecule has 1 fully saturated rings. The number of benzene rings is 1. The summed E-state index contributed by atoms with van der Waals surface area (Å²) in [6, 6.07) is 5.18. The minimum Gasteiger partial charge on any atom is -0.478 e. The number of hydrogen-bond acceptors (Lipinski definition) is 3. The van der Waals surface area contributed by atoms with Gasteiger partial charge in [0.05, 0.1) is 5.56 Å². The van der Waals surface area contributed by atoms with Gasteiger partial charge in [-0.2, -0.15) is 0 Å². The average Bonchev–Trinajstić information content (AvgIpc) is 2.93. The summed E-state index contributed by atoms with van der Waals surface area (Å²) in [5.41, 5.74) is 1.40. The highest BCUT2D eigenvalue weighted by atomic mass is 79.9. The highest BCUT2D eigenvalue weighted by Gasteiger charge is 2.14. The molecule has 4 nitrogen and oxygen atoms in total. The van der Waals surface area contributed by atoms with Gasteiger partial charge in [0.15, 0.2) is 0 Å². The molecule has 0 radical (unpaired) electrons. The molecule has 2 N–H and O–H groups in total. The molecular formula is C16H23BrN2O2. The van der Waals surface area contributed by atoms with Gasteiger partial charge in [-0.1, -0.05) is 28.9 Å². The van der Waals surface area contributed by atoms with E-state index in [1.165, 1.54) is 25.9 Å². The summed E-state index contributed by atoms with van der Waals surface area (Å²) in [4.78, 5) is 13.4. The summed E-state index contributed by atoms with van der Waals surface area (Å²) in [7, 11) is 0. The van der Waals surface area contributed by atoms with E-state index in [9.17, 15) is 4.79 Å². The molecule has 1 aliphatic rings. The monoisotopic (exact) mass is 354 g/mol. The third-order valence-corrected chi connectivity index (χ3v) is 4.62. The van der Waals surface area contributed by atoms with Crippen molar-refractivity contribution in [2.45, 2.75) is 26.3 Å². The normalized spacial score (nSPS) is 17.0. The number of halogens is 1. The first-order chi connectivity index (χ1) is 10.1. The fraction of sp³-hybridized carbons (Fsp3) is 0.562. The zero-order valence-corrected chi connectivity index (χ0v) is 14.0. The number of carboxylic acid groups (broad SMARTS) is 1. The molecule has 0 aliphatic carbocycles. The first-order valence-corrected chi connectivity index (χ1v) is 8.30. The quantitative estimate of drug-likeness (QED) is 0.790. The van der Waals surface area contributed by atoms with E-state index in [0.717, 1.165) is 29.7 Å². The first-order valence-electron chi connectivity index (χ1n) is 7.51. The van der Waals surface area contributed by atoms with Crippen LogP contribution in [0.25, 0.3) is 0 Å². The molecule has 21 heavy (non-hydrogen) atoms. The molecule has 0 bridgehead atoms. The van der Waals surface area contributed by atoms with Gasteiger partial charge in [0, 0.05) is 17.6 Å². The van der Waals surface area contributed by atoms with Crippen molar-refractivity contribution in [3.63, 3.8) is 0 Å². The summed E-state index contributed by atoms with van der Waals surface area (Å²) in [6.07, 6.45) is 2.67. The molecular weight excluding hydrogens is 332 g/mol. The summed E-state index contributed by atoms with van der Waals surface area (Å²) in [5, 5.41) is 12.4. The van der Waals surface area contributed by atoms with Gasteiger partial charge in [0.1, 0.15) is 0 Å². The Hall–Kier alpha value is -0.910. The Labute approximate surface area is 134 Å².